The number of carbonyl (C=O) groups is 1. The maximum absolute atomic E-state index is 9.90. The molecule has 1 aliphatic carbocycles. The van der Waals surface area contributed by atoms with Crippen molar-refractivity contribution in [2.45, 2.75) is 6.92 Å². The fraction of sp³-hybridized carbons (Fsp3) is 0.0526. The molecule has 0 atom stereocenters. The molecule has 0 aliphatic heterocycles. The molecule has 8 radical (unpaired) electrons. The van der Waals surface area contributed by atoms with E-state index in [-0.39, 0.29) is 17.1 Å². The van der Waals surface area contributed by atoms with Gasteiger partial charge in [-0.15, -0.1) is 0 Å². The van der Waals surface area contributed by atoms with Gasteiger partial charge in [-0.2, -0.15) is 0 Å². The van der Waals surface area contributed by atoms with Crippen LogP contribution in [0.2, 0.25) is 0 Å². The summed E-state index contributed by atoms with van der Waals surface area (Å²) in [4.78, 5) is 9.90. The summed E-state index contributed by atoms with van der Waals surface area (Å²) in [7, 11) is 0. The third-order valence-corrected chi connectivity index (χ3v) is 2.22. The first-order valence-corrected chi connectivity index (χ1v) is 6.25. The number of unbranched alkanes of at least 4 members (excludes halogenated alkanes) is 1. The Morgan fingerprint density at radius 1 is 0.913 bits per heavy atom. The quantitative estimate of drug-likeness (QED) is 0.269. The molecule has 0 bridgehead atoms. The zero-order valence-electron chi connectivity index (χ0n) is 12.7. The molecule has 1 saturated carbocycles. The van der Waals surface area contributed by atoms with Crippen LogP contribution in [0, 0.1) is 57.7 Å². The third-order valence-electron chi connectivity index (χ3n) is 2.22. The van der Waals surface area contributed by atoms with Crippen LogP contribution in [-0.4, -0.2) is 6.29 Å². The van der Waals surface area contributed by atoms with Gasteiger partial charge in [0.1, 0.15) is 6.29 Å². The maximum atomic E-state index is 9.90. The minimum absolute atomic E-state index is 0. The molecule has 1 aromatic carbocycles. The standard InChI is InChI=1S/C11H10O.C6H7.2CO.Mn/c12-10-6-2-5-9-11-7-3-1-4-8-11;1-6-4-2-3-5-6;2*1-2;/h1-10H;2-5H,1H3;;;/b9-5+;;;;. The molecule has 0 spiro atoms. The zero-order valence-corrected chi connectivity index (χ0v) is 13.9. The second kappa shape index (κ2) is 22.9. The molecule has 2 rings (SSSR count). The number of benzene rings is 1. The van der Waals surface area contributed by atoms with E-state index in [9.17, 15) is 4.79 Å². The van der Waals surface area contributed by atoms with Gasteiger partial charge in [-0.1, -0.05) is 49.4 Å². The largest absolute Gasteiger partial charge is 0 e. The Labute approximate surface area is 150 Å². The first-order valence-electron chi connectivity index (χ1n) is 6.25. The summed E-state index contributed by atoms with van der Waals surface area (Å²) in [6.45, 7) is 11.1. The van der Waals surface area contributed by atoms with Crippen molar-refractivity contribution in [3.63, 3.8) is 0 Å². The smallest absolute Gasteiger partial charge is 0 e. The first-order chi connectivity index (χ1) is 10.8. The van der Waals surface area contributed by atoms with Crippen molar-refractivity contribution >= 4 is 12.4 Å². The van der Waals surface area contributed by atoms with Crippen LogP contribution >= 0.6 is 0 Å². The first kappa shape index (κ1) is 26.5. The Bertz CT molecular complexity index is 412. The molecular weight excluding hydrogens is 331 g/mol. The van der Waals surface area contributed by atoms with Crippen LogP contribution in [0.5, 0.6) is 0 Å². The number of hydrogen-bond acceptors (Lipinski definition) is 1. The van der Waals surface area contributed by atoms with Crippen molar-refractivity contribution in [3.05, 3.63) is 99.7 Å². The number of allylic oxidation sites excluding steroid dienone is 1. The summed E-state index contributed by atoms with van der Waals surface area (Å²) in [5.41, 5.74) is 1.13. The summed E-state index contributed by atoms with van der Waals surface area (Å²) in [6, 6.07) is 9.93. The van der Waals surface area contributed by atoms with Gasteiger partial charge in [-0.3, -0.25) is 0 Å². The molecule has 0 amide bonds. The van der Waals surface area contributed by atoms with E-state index < -0.39 is 0 Å². The van der Waals surface area contributed by atoms with Crippen LogP contribution in [0.4, 0.5) is 0 Å². The van der Waals surface area contributed by atoms with Crippen molar-refractivity contribution in [3.8, 4) is 0 Å². The van der Waals surface area contributed by atoms with Gasteiger partial charge in [0.15, 0.2) is 0 Å². The number of carbonyl (C=O) groups excluding carboxylic acids is 1. The van der Waals surface area contributed by atoms with E-state index in [0.717, 1.165) is 11.8 Å². The van der Waals surface area contributed by atoms with Gasteiger partial charge in [-0.05, 0) is 43.6 Å². The Morgan fingerprint density at radius 3 is 1.83 bits per heavy atom. The zero-order chi connectivity index (χ0) is 17.1. The van der Waals surface area contributed by atoms with Crippen molar-refractivity contribution in [1.82, 2.24) is 0 Å². The average Bonchev–Trinajstić information content (AvgIpc) is 3.08. The molecule has 1 aromatic rings. The van der Waals surface area contributed by atoms with Crippen LogP contribution in [0.1, 0.15) is 12.5 Å². The fourth-order valence-corrected chi connectivity index (χ4v) is 1.31. The molecule has 0 saturated heterocycles. The average molecular weight is 348 g/mol. The van der Waals surface area contributed by atoms with E-state index in [1.807, 2.05) is 55.3 Å². The Morgan fingerprint density at radius 2 is 1.43 bits per heavy atom. The number of aldehydes is 1. The summed E-state index contributed by atoms with van der Waals surface area (Å²) in [5.74, 6) is 1.34. The molecule has 0 unspecified atom stereocenters. The molecule has 4 heteroatoms. The summed E-state index contributed by atoms with van der Waals surface area (Å²) in [6.07, 6.45) is 15.9. The minimum Gasteiger partial charge on any atom is 0 e. The second-order valence-electron chi connectivity index (χ2n) is 3.75. The van der Waals surface area contributed by atoms with E-state index in [1.165, 1.54) is 12.3 Å². The Kier molecular flexibility index (Phi) is 26.4. The molecular formula is C19H17MnO3. The van der Waals surface area contributed by atoms with Crippen LogP contribution in [-0.2, 0) is 31.2 Å². The van der Waals surface area contributed by atoms with E-state index in [0.29, 0.717) is 0 Å². The van der Waals surface area contributed by atoms with E-state index >= 15 is 0 Å². The Balaban J connectivity index is -0.000000308. The van der Waals surface area contributed by atoms with E-state index in [2.05, 4.69) is 33.1 Å². The summed E-state index contributed by atoms with van der Waals surface area (Å²) < 4.78 is 15.0. The normalized spacial score (nSPS) is 12.2. The molecule has 0 heterocycles. The van der Waals surface area contributed by atoms with Crippen LogP contribution < -0.4 is 0 Å². The van der Waals surface area contributed by atoms with Gasteiger partial charge in [0.25, 0.3) is 0 Å². The van der Waals surface area contributed by atoms with Gasteiger partial charge in [0.2, 0.25) is 0 Å². The predicted octanol–water partition coefficient (Wildman–Crippen LogP) is 3.64. The fourth-order valence-electron chi connectivity index (χ4n) is 1.31. The number of rotatable bonds is 4. The van der Waals surface area contributed by atoms with Crippen molar-refractivity contribution < 1.29 is 31.2 Å². The second-order valence-corrected chi connectivity index (χ2v) is 3.75. The molecule has 0 N–H and O–H groups in total. The summed E-state index contributed by atoms with van der Waals surface area (Å²) in [5, 5.41) is 0. The van der Waals surface area contributed by atoms with Gasteiger partial charge < -0.3 is 4.79 Å². The van der Waals surface area contributed by atoms with Crippen LogP contribution in [0.15, 0.2) is 36.4 Å². The van der Waals surface area contributed by atoms with E-state index in [4.69, 9.17) is 9.30 Å². The maximum Gasteiger partial charge on any atom is 0 e. The third kappa shape index (κ3) is 18.6. The van der Waals surface area contributed by atoms with Crippen LogP contribution in [0.25, 0.3) is 6.08 Å². The van der Waals surface area contributed by atoms with Crippen molar-refractivity contribution in [2.75, 3.05) is 0 Å². The summed E-state index contributed by atoms with van der Waals surface area (Å²) >= 11 is 0. The molecule has 0 aromatic heterocycles. The molecule has 23 heavy (non-hydrogen) atoms. The van der Waals surface area contributed by atoms with Crippen molar-refractivity contribution in [2.24, 2.45) is 0 Å². The SMILES string of the molecule is C[C]1[CH][CH][CH][CH]1.O=C[CH][CH]/C=C/c1ccccc1.[C-]#[O+].[C-]#[O+].[Mn]. The molecule has 3 nitrogen and oxygen atoms in total. The molecule has 1 fully saturated rings. The molecule has 118 valence electrons. The Hall–Kier alpha value is -1.37. The number of hydrogen-bond donors (Lipinski definition) is 0. The van der Waals surface area contributed by atoms with E-state index in [1.54, 1.807) is 6.42 Å². The van der Waals surface area contributed by atoms with Gasteiger partial charge >= 0.3 is 22.6 Å². The van der Waals surface area contributed by atoms with Crippen molar-refractivity contribution in [1.29, 1.82) is 0 Å². The predicted molar refractivity (Wildman–Crippen MR) is 84.1 cm³/mol. The van der Waals surface area contributed by atoms with Crippen LogP contribution in [0.3, 0.4) is 0 Å². The van der Waals surface area contributed by atoms with Gasteiger partial charge in [0.05, 0.1) is 0 Å². The van der Waals surface area contributed by atoms with Gasteiger partial charge in [-0.25, -0.2) is 0 Å². The minimum atomic E-state index is 0. The topological polar surface area (TPSA) is 56.9 Å². The monoisotopic (exact) mass is 348 g/mol. The molecule has 1 aliphatic rings. The van der Waals surface area contributed by atoms with Gasteiger partial charge in [0, 0.05) is 23.5 Å².